The fourth-order valence-corrected chi connectivity index (χ4v) is 3.19. The van der Waals surface area contributed by atoms with Crippen LogP contribution in [0.5, 0.6) is 11.6 Å². The molecule has 0 bridgehead atoms. The second-order valence-corrected chi connectivity index (χ2v) is 7.01. The number of amides is 1. The number of carbonyl (C=O) groups excluding carboxylic acids is 1. The van der Waals surface area contributed by atoms with Crippen molar-refractivity contribution in [2.24, 2.45) is 0 Å². The fourth-order valence-electron chi connectivity index (χ4n) is 3.19. The van der Waals surface area contributed by atoms with Crippen LogP contribution in [0.3, 0.4) is 0 Å². The SMILES string of the molecule is CCCOc1ccnc(N2CC[C@@H](Oc3ccc([C@H](C)NC(C)=O)cc3)C2)n1. The molecule has 150 valence electrons. The molecular formula is C21H28N4O3. The molecule has 2 heterocycles. The summed E-state index contributed by atoms with van der Waals surface area (Å²) in [6.07, 6.45) is 3.67. The summed E-state index contributed by atoms with van der Waals surface area (Å²) < 4.78 is 11.7. The largest absolute Gasteiger partial charge is 0.489 e. The van der Waals surface area contributed by atoms with Crippen molar-refractivity contribution in [3.05, 3.63) is 42.1 Å². The number of aromatic nitrogens is 2. The Labute approximate surface area is 166 Å². The van der Waals surface area contributed by atoms with Crippen molar-refractivity contribution in [3.63, 3.8) is 0 Å². The molecule has 28 heavy (non-hydrogen) atoms. The topological polar surface area (TPSA) is 76.6 Å². The van der Waals surface area contributed by atoms with Gasteiger partial charge in [0.25, 0.3) is 0 Å². The zero-order valence-electron chi connectivity index (χ0n) is 16.7. The second kappa shape index (κ2) is 9.39. The van der Waals surface area contributed by atoms with Crippen molar-refractivity contribution in [3.8, 4) is 11.6 Å². The quantitative estimate of drug-likeness (QED) is 0.754. The van der Waals surface area contributed by atoms with Gasteiger partial charge in [-0.05, 0) is 31.0 Å². The van der Waals surface area contributed by atoms with Crippen molar-refractivity contribution in [1.29, 1.82) is 0 Å². The van der Waals surface area contributed by atoms with Crippen LogP contribution < -0.4 is 19.7 Å². The third-order valence-electron chi connectivity index (χ3n) is 4.60. The molecule has 7 heteroatoms. The molecule has 1 aliphatic heterocycles. The van der Waals surface area contributed by atoms with Gasteiger partial charge in [0, 0.05) is 32.2 Å². The Morgan fingerprint density at radius 1 is 1.32 bits per heavy atom. The Morgan fingerprint density at radius 3 is 2.82 bits per heavy atom. The van der Waals surface area contributed by atoms with Crippen LogP contribution in [-0.2, 0) is 4.79 Å². The summed E-state index contributed by atoms with van der Waals surface area (Å²) in [6, 6.07) is 9.64. The summed E-state index contributed by atoms with van der Waals surface area (Å²) in [5.41, 5.74) is 1.05. The van der Waals surface area contributed by atoms with Crippen LogP contribution in [0.4, 0.5) is 5.95 Å². The van der Waals surface area contributed by atoms with Crippen LogP contribution in [0, 0.1) is 0 Å². The van der Waals surface area contributed by atoms with Gasteiger partial charge in [-0.3, -0.25) is 4.79 Å². The maximum atomic E-state index is 11.2. The molecule has 1 aromatic carbocycles. The Bertz CT molecular complexity index is 781. The maximum Gasteiger partial charge on any atom is 0.228 e. The minimum absolute atomic E-state index is 0.0205. The number of carbonyl (C=O) groups is 1. The first-order valence-corrected chi connectivity index (χ1v) is 9.79. The molecule has 1 fully saturated rings. The Hall–Kier alpha value is -2.83. The van der Waals surface area contributed by atoms with Crippen LogP contribution in [0.15, 0.2) is 36.5 Å². The summed E-state index contributed by atoms with van der Waals surface area (Å²) in [7, 11) is 0. The Morgan fingerprint density at radius 2 is 2.11 bits per heavy atom. The average Bonchev–Trinajstić information content (AvgIpc) is 3.15. The summed E-state index contributed by atoms with van der Waals surface area (Å²) in [4.78, 5) is 22.2. The number of nitrogens with one attached hydrogen (secondary N) is 1. The van der Waals surface area contributed by atoms with E-state index in [4.69, 9.17) is 9.47 Å². The van der Waals surface area contributed by atoms with Crippen molar-refractivity contribution in [2.45, 2.75) is 45.8 Å². The number of hydrogen-bond donors (Lipinski definition) is 1. The molecule has 0 unspecified atom stereocenters. The highest BCUT2D eigenvalue weighted by atomic mass is 16.5. The van der Waals surface area contributed by atoms with Gasteiger partial charge in [0.15, 0.2) is 0 Å². The number of anilines is 1. The molecule has 1 amide bonds. The molecule has 3 rings (SSSR count). The first kappa shape index (κ1) is 19.9. The van der Waals surface area contributed by atoms with E-state index in [-0.39, 0.29) is 18.1 Å². The lowest BCUT2D eigenvalue weighted by molar-refractivity contribution is -0.119. The molecule has 0 saturated carbocycles. The molecule has 1 aromatic heterocycles. The van der Waals surface area contributed by atoms with E-state index in [1.807, 2.05) is 31.2 Å². The van der Waals surface area contributed by atoms with Crippen LogP contribution in [0.1, 0.15) is 45.2 Å². The van der Waals surface area contributed by atoms with E-state index in [2.05, 4.69) is 27.1 Å². The van der Waals surface area contributed by atoms with E-state index in [1.54, 1.807) is 12.3 Å². The molecule has 1 aliphatic rings. The third kappa shape index (κ3) is 5.34. The zero-order chi connectivity index (χ0) is 19.9. The molecule has 0 spiro atoms. The smallest absolute Gasteiger partial charge is 0.228 e. The second-order valence-electron chi connectivity index (χ2n) is 7.01. The van der Waals surface area contributed by atoms with Gasteiger partial charge < -0.3 is 19.7 Å². The maximum absolute atomic E-state index is 11.2. The van der Waals surface area contributed by atoms with E-state index in [0.717, 1.165) is 37.2 Å². The van der Waals surface area contributed by atoms with Crippen LogP contribution in [0.2, 0.25) is 0 Å². The van der Waals surface area contributed by atoms with E-state index < -0.39 is 0 Å². The predicted octanol–water partition coefficient (Wildman–Crippen LogP) is 3.12. The van der Waals surface area contributed by atoms with Crippen molar-refractivity contribution >= 4 is 11.9 Å². The normalized spacial score (nSPS) is 17.2. The molecule has 1 saturated heterocycles. The Kier molecular flexibility index (Phi) is 6.68. The van der Waals surface area contributed by atoms with Crippen LogP contribution in [-0.4, -0.2) is 41.7 Å². The van der Waals surface area contributed by atoms with Crippen molar-refractivity contribution < 1.29 is 14.3 Å². The van der Waals surface area contributed by atoms with E-state index in [1.165, 1.54) is 6.92 Å². The molecule has 2 atom stereocenters. The minimum atomic E-state index is -0.0368. The lowest BCUT2D eigenvalue weighted by Crippen LogP contribution is -2.26. The Balaban J connectivity index is 1.55. The molecule has 1 N–H and O–H groups in total. The van der Waals surface area contributed by atoms with Crippen molar-refractivity contribution in [2.75, 3.05) is 24.6 Å². The molecule has 0 radical (unpaired) electrons. The average molecular weight is 384 g/mol. The van der Waals surface area contributed by atoms with Gasteiger partial charge >= 0.3 is 0 Å². The highest BCUT2D eigenvalue weighted by Gasteiger charge is 2.26. The number of benzene rings is 1. The number of ether oxygens (including phenoxy) is 2. The van der Waals surface area contributed by atoms with Gasteiger partial charge in [-0.2, -0.15) is 4.98 Å². The molecule has 2 aromatic rings. The molecular weight excluding hydrogens is 356 g/mol. The van der Waals surface area contributed by atoms with Gasteiger partial charge in [-0.1, -0.05) is 19.1 Å². The lowest BCUT2D eigenvalue weighted by atomic mass is 10.1. The lowest BCUT2D eigenvalue weighted by Gasteiger charge is -2.18. The zero-order valence-corrected chi connectivity index (χ0v) is 16.7. The van der Waals surface area contributed by atoms with Crippen molar-refractivity contribution in [1.82, 2.24) is 15.3 Å². The molecule has 7 nitrogen and oxygen atoms in total. The predicted molar refractivity (Wildman–Crippen MR) is 108 cm³/mol. The van der Waals surface area contributed by atoms with E-state index in [9.17, 15) is 4.79 Å². The van der Waals surface area contributed by atoms with Gasteiger partial charge in [-0.15, -0.1) is 0 Å². The highest BCUT2D eigenvalue weighted by molar-refractivity contribution is 5.73. The summed E-state index contributed by atoms with van der Waals surface area (Å²) in [5.74, 6) is 2.08. The first-order valence-electron chi connectivity index (χ1n) is 9.79. The van der Waals surface area contributed by atoms with Gasteiger partial charge in [0.2, 0.25) is 17.7 Å². The van der Waals surface area contributed by atoms with Gasteiger partial charge in [0.05, 0.1) is 19.2 Å². The van der Waals surface area contributed by atoms with Gasteiger partial charge in [-0.25, -0.2) is 4.98 Å². The van der Waals surface area contributed by atoms with Crippen LogP contribution >= 0.6 is 0 Å². The third-order valence-corrected chi connectivity index (χ3v) is 4.60. The first-order chi connectivity index (χ1) is 13.5. The molecule has 0 aliphatic carbocycles. The summed E-state index contributed by atoms with van der Waals surface area (Å²) in [6.45, 7) is 7.79. The van der Waals surface area contributed by atoms with Gasteiger partial charge in [0.1, 0.15) is 11.9 Å². The number of nitrogens with zero attached hydrogens (tertiary/aromatic N) is 3. The minimum Gasteiger partial charge on any atom is -0.489 e. The monoisotopic (exact) mass is 384 g/mol. The van der Waals surface area contributed by atoms with E-state index >= 15 is 0 Å². The van der Waals surface area contributed by atoms with E-state index in [0.29, 0.717) is 18.4 Å². The number of hydrogen-bond acceptors (Lipinski definition) is 6. The van der Waals surface area contributed by atoms with Crippen LogP contribution in [0.25, 0.3) is 0 Å². The summed E-state index contributed by atoms with van der Waals surface area (Å²) in [5, 5.41) is 2.88. The highest BCUT2D eigenvalue weighted by Crippen LogP contribution is 2.24. The standard InChI is InChI=1S/C21H28N4O3/c1-4-13-27-20-9-11-22-21(24-20)25-12-10-19(14-25)28-18-7-5-17(6-8-18)15(2)23-16(3)26/h5-9,11,15,19H,4,10,12-14H2,1-3H3,(H,23,26)/t15-,19+/m0/s1. The fraction of sp³-hybridized carbons (Fsp3) is 0.476. The number of rotatable bonds is 8. The summed E-state index contributed by atoms with van der Waals surface area (Å²) >= 11 is 0.